The maximum atomic E-state index is 9.18. The molecule has 0 bridgehead atoms. The average Bonchev–Trinajstić information content (AvgIpc) is 2.61. The molecule has 82 valence electrons. The van der Waals surface area contributed by atoms with E-state index in [1.165, 1.54) is 0 Å². The number of nitriles is 1. The quantitative estimate of drug-likeness (QED) is 0.336. The number of nitrogens with one attached hydrogen (secondary N) is 1. The first-order chi connectivity index (χ1) is 7.25. The first-order valence-electron chi connectivity index (χ1n) is 5.04. The van der Waals surface area contributed by atoms with Crippen molar-refractivity contribution in [3.63, 3.8) is 0 Å². The molecular weight excluding hydrogens is 210 g/mol. The van der Waals surface area contributed by atoms with E-state index in [1.54, 1.807) is 0 Å². The van der Waals surface area contributed by atoms with Gasteiger partial charge in [-0.25, -0.2) is 0 Å². The van der Waals surface area contributed by atoms with Crippen LogP contribution < -0.4 is 5.32 Å². The van der Waals surface area contributed by atoms with Gasteiger partial charge in [-0.3, -0.25) is 5.32 Å². The summed E-state index contributed by atoms with van der Waals surface area (Å²) in [5, 5.41) is 16.3. The Morgan fingerprint density at radius 2 is 2.60 bits per heavy atom. The van der Waals surface area contributed by atoms with Gasteiger partial charge >= 0.3 is 0 Å². The molecule has 2 unspecified atom stereocenters. The van der Waals surface area contributed by atoms with E-state index in [2.05, 4.69) is 28.3 Å². The van der Waals surface area contributed by atoms with E-state index in [4.69, 9.17) is 5.53 Å². The summed E-state index contributed by atoms with van der Waals surface area (Å²) in [6, 6.07) is 2.38. The van der Waals surface area contributed by atoms with E-state index in [9.17, 15) is 5.26 Å². The summed E-state index contributed by atoms with van der Waals surface area (Å²) >= 11 is 1.83. The van der Waals surface area contributed by atoms with Gasteiger partial charge in [0.1, 0.15) is 5.54 Å². The van der Waals surface area contributed by atoms with Crippen LogP contribution in [0.15, 0.2) is 5.11 Å². The van der Waals surface area contributed by atoms with Crippen molar-refractivity contribution in [2.45, 2.75) is 30.6 Å². The Labute approximate surface area is 93.9 Å². The zero-order valence-corrected chi connectivity index (χ0v) is 9.63. The molecule has 0 radical (unpaired) electrons. The molecule has 0 amide bonds. The lowest BCUT2D eigenvalue weighted by Gasteiger charge is -2.26. The molecule has 5 nitrogen and oxygen atoms in total. The minimum atomic E-state index is -0.374. The van der Waals surface area contributed by atoms with Crippen LogP contribution in [0.4, 0.5) is 0 Å². The largest absolute Gasteiger partial charge is 0.298 e. The first-order valence-corrected chi connectivity index (χ1v) is 6.09. The molecule has 1 fully saturated rings. The van der Waals surface area contributed by atoms with Crippen LogP contribution in [0.1, 0.15) is 19.8 Å². The van der Waals surface area contributed by atoms with Gasteiger partial charge in [-0.15, -0.1) is 0 Å². The fourth-order valence-corrected chi connectivity index (χ4v) is 3.00. The molecule has 0 aromatic heterocycles. The second-order valence-corrected chi connectivity index (χ2v) is 5.03. The predicted molar refractivity (Wildman–Crippen MR) is 61.5 cm³/mol. The molecule has 0 aliphatic carbocycles. The smallest absolute Gasteiger partial charge is 0.119 e. The monoisotopic (exact) mass is 225 g/mol. The van der Waals surface area contributed by atoms with Crippen molar-refractivity contribution in [3.8, 4) is 6.07 Å². The molecule has 0 aromatic carbocycles. The Balaban J connectivity index is 2.35. The van der Waals surface area contributed by atoms with Gasteiger partial charge in [0.05, 0.1) is 6.07 Å². The van der Waals surface area contributed by atoms with Crippen molar-refractivity contribution in [1.82, 2.24) is 5.32 Å². The molecular formula is C9H15N5S. The van der Waals surface area contributed by atoms with Crippen molar-refractivity contribution in [2.75, 3.05) is 18.8 Å². The summed E-state index contributed by atoms with van der Waals surface area (Å²) in [6.07, 6.45) is 1.68. The third kappa shape index (κ3) is 3.03. The van der Waals surface area contributed by atoms with E-state index >= 15 is 0 Å². The number of thioether (sulfide) groups is 1. The Kier molecular flexibility index (Phi) is 4.76. The number of azide groups is 1. The SMILES string of the molecule is CC1SCCC1(C#N)NCCCN=[N+]=[N-]. The normalized spacial score (nSPS) is 29.5. The molecule has 6 heteroatoms. The molecule has 2 atom stereocenters. The lowest BCUT2D eigenvalue weighted by Crippen LogP contribution is -2.48. The maximum Gasteiger partial charge on any atom is 0.119 e. The summed E-state index contributed by atoms with van der Waals surface area (Å²) in [6.45, 7) is 3.31. The molecule has 1 aliphatic rings. The summed E-state index contributed by atoms with van der Waals surface area (Å²) in [7, 11) is 0. The standard InChI is InChI=1S/C9H15N5S/c1-8-9(7-10,3-6-15-8)12-4-2-5-13-14-11/h8,12H,2-6H2,1H3. The van der Waals surface area contributed by atoms with Crippen LogP contribution in [0.5, 0.6) is 0 Å². The fourth-order valence-electron chi connectivity index (χ4n) is 1.67. The molecule has 1 heterocycles. The second kappa shape index (κ2) is 5.86. The van der Waals surface area contributed by atoms with E-state index in [0.717, 1.165) is 25.1 Å². The van der Waals surface area contributed by atoms with E-state index in [1.807, 2.05) is 11.8 Å². The van der Waals surface area contributed by atoms with Gasteiger partial charge in [0.15, 0.2) is 0 Å². The van der Waals surface area contributed by atoms with Gasteiger partial charge in [-0.2, -0.15) is 17.0 Å². The maximum absolute atomic E-state index is 9.18. The molecule has 0 spiro atoms. The highest BCUT2D eigenvalue weighted by Gasteiger charge is 2.40. The van der Waals surface area contributed by atoms with Crippen LogP contribution in [-0.4, -0.2) is 29.6 Å². The number of nitrogens with zero attached hydrogens (tertiary/aromatic N) is 4. The average molecular weight is 225 g/mol. The number of hydrogen-bond acceptors (Lipinski definition) is 4. The third-order valence-electron chi connectivity index (χ3n) is 2.70. The van der Waals surface area contributed by atoms with Gasteiger partial charge < -0.3 is 0 Å². The van der Waals surface area contributed by atoms with E-state index in [0.29, 0.717) is 11.8 Å². The van der Waals surface area contributed by atoms with Crippen molar-refractivity contribution < 1.29 is 0 Å². The molecule has 1 saturated heterocycles. The molecule has 1 aliphatic heterocycles. The van der Waals surface area contributed by atoms with Crippen LogP contribution in [0, 0.1) is 11.3 Å². The van der Waals surface area contributed by atoms with Crippen LogP contribution >= 0.6 is 11.8 Å². The highest BCUT2D eigenvalue weighted by atomic mass is 32.2. The highest BCUT2D eigenvalue weighted by Crippen LogP contribution is 2.34. The van der Waals surface area contributed by atoms with Crippen LogP contribution in [0.3, 0.4) is 0 Å². The third-order valence-corrected chi connectivity index (χ3v) is 4.04. The van der Waals surface area contributed by atoms with Crippen LogP contribution in [0.25, 0.3) is 10.4 Å². The van der Waals surface area contributed by atoms with Crippen molar-refractivity contribution in [3.05, 3.63) is 10.4 Å². The molecule has 1 N–H and O–H groups in total. The summed E-state index contributed by atoms with van der Waals surface area (Å²) in [4.78, 5) is 2.69. The highest BCUT2D eigenvalue weighted by molar-refractivity contribution is 8.00. The molecule has 0 aromatic rings. The van der Waals surface area contributed by atoms with Crippen molar-refractivity contribution in [2.24, 2.45) is 5.11 Å². The number of rotatable bonds is 5. The van der Waals surface area contributed by atoms with Crippen molar-refractivity contribution in [1.29, 1.82) is 5.26 Å². The minimum absolute atomic E-state index is 0.335. The van der Waals surface area contributed by atoms with Gasteiger partial charge in [0.25, 0.3) is 0 Å². The zero-order valence-electron chi connectivity index (χ0n) is 8.81. The minimum Gasteiger partial charge on any atom is -0.298 e. The summed E-state index contributed by atoms with van der Waals surface area (Å²) < 4.78 is 0. The molecule has 1 rings (SSSR count). The second-order valence-electron chi connectivity index (χ2n) is 3.58. The van der Waals surface area contributed by atoms with Gasteiger partial charge in [-0.05, 0) is 30.7 Å². The van der Waals surface area contributed by atoms with Crippen LogP contribution in [-0.2, 0) is 0 Å². The Bertz CT molecular complexity index is 293. The Morgan fingerprint density at radius 1 is 1.80 bits per heavy atom. The number of hydrogen-bond donors (Lipinski definition) is 1. The van der Waals surface area contributed by atoms with Crippen LogP contribution in [0.2, 0.25) is 0 Å². The first kappa shape index (κ1) is 12.2. The molecule has 0 saturated carbocycles. The summed E-state index contributed by atoms with van der Waals surface area (Å²) in [5.74, 6) is 1.04. The Morgan fingerprint density at radius 3 is 3.13 bits per heavy atom. The van der Waals surface area contributed by atoms with E-state index in [-0.39, 0.29) is 5.54 Å². The van der Waals surface area contributed by atoms with Gasteiger partial charge in [0, 0.05) is 16.7 Å². The predicted octanol–water partition coefficient (Wildman–Crippen LogP) is 2.06. The zero-order chi connectivity index (χ0) is 11.1. The topological polar surface area (TPSA) is 84.6 Å². The fraction of sp³-hybridized carbons (Fsp3) is 0.889. The Hall–Kier alpha value is -0.890. The van der Waals surface area contributed by atoms with Gasteiger partial charge in [-0.1, -0.05) is 12.0 Å². The van der Waals surface area contributed by atoms with Crippen molar-refractivity contribution >= 4 is 11.8 Å². The molecule has 15 heavy (non-hydrogen) atoms. The van der Waals surface area contributed by atoms with Gasteiger partial charge in [0.2, 0.25) is 0 Å². The van der Waals surface area contributed by atoms with E-state index < -0.39 is 0 Å². The lowest BCUT2D eigenvalue weighted by atomic mass is 9.94. The summed E-state index contributed by atoms with van der Waals surface area (Å²) in [5.41, 5.74) is 7.72. The lowest BCUT2D eigenvalue weighted by molar-refractivity contribution is 0.412.